The van der Waals surface area contributed by atoms with Gasteiger partial charge in [0, 0.05) is 26.2 Å². The summed E-state index contributed by atoms with van der Waals surface area (Å²) in [7, 11) is 0. The van der Waals surface area contributed by atoms with Crippen LogP contribution in [0.5, 0.6) is 0 Å². The van der Waals surface area contributed by atoms with Gasteiger partial charge in [-0.25, -0.2) is 4.99 Å². The van der Waals surface area contributed by atoms with Gasteiger partial charge in [0.1, 0.15) is 0 Å². The van der Waals surface area contributed by atoms with E-state index in [-0.39, 0.29) is 24.0 Å². The van der Waals surface area contributed by atoms with Gasteiger partial charge in [-0.15, -0.1) is 24.0 Å². The second kappa shape index (κ2) is 10.9. The molecule has 1 aromatic carbocycles. The summed E-state index contributed by atoms with van der Waals surface area (Å²) in [5, 5.41) is 0. The average molecular weight is 444 g/mol. The van der Waals surface area contributed by atoms with E-state index in [4.69, 9.17) is 5.73 Å². The van der Waals surface area contributed by atoms with E-state index in [1.54, 1.807) is 0 Å². The molecule has 4 nitrogen and oxygen atoms in total. The SMILES string of the molecule is CCN(CC)C(N)=NCc1ccc(CN2CCCC(C)C2)cc1.I. The summed E-state index contributed by atoms with van der Waals surface area (Å²) in [4.78, 5) is 9.15. The highest BCUT2D eigenvalue weighted by Gasteiger charge is 2.16. The summed E-state index contributed by atoms with van der Waals surface area (Å²) in [6.07, 6.45) is 2.71. The molecule has 0 bridgehead atoms. The van der Waals surface area contributed by atoms with E-state index in [2.05, 4.69) is 59.8 Å². The molecule has 136 valence electrons. The van der Waals surface area contributed by atoms with Crippen molar-refractivity contribution >= 4 is 29.9 Å². The molecule has 0 saturated carbocycles. The Labute approximate surface area is 164 Å². The molecule has 0 aliphatic carbocycles. The normalized spacial score (nSPS) is 19.0. The Morgan fingerprint density at radius 3 is 2.42 bits per heavy atom. The number of halogens is 1. The van der Waals surface area contributed by atoms with Gasteiger partial charge in [0.15, 0.2) is 5.96 Å². The van der Waals surface area contributed by atoms with E-state index in [0.29, 0.717) is 12.5 Å². The fraction of sp³-hybridized carbons (Fsp3) is 0.632. The lowest BCUT2D eigenvalue weighted by molar-refractivity contribution is 0.176. The molecule has 2 rings (SSSR count). The maximum atomic E-state index is 6.02. The molecule has 0 aromatic heterocycles. The topological polar surface area (TPSA) is 44.9 Å². The van der Waals surface area contributed by atoms with Crippen LogP contribution in [-0.4, -0.2) is 41.9 Å². The first-order valence-electron chi connectivity index (χ1n) is 8.97. The van der Waals surface area contributed by atoms with Crippen LogP contribution in [0, 0.1) is 5.92 Å². The molecule has 5 heteroatoms. The van der Waals surface area contributed by atoms with Crippen LogP contribution in [0.1, 0.15) is 44.7 Å². The smallest absolute Gasteiger partial charge is 0.191 e. The minimum atomic E-state index is 0. The lowest BCUT2D eigenvalue weighted by atomic mass is 9.99. The Kier molecular flexibility index (Phi) is 9.66. The van der Waals surface area contributed by atoms with Crippen LogP contribution in [-0.2, 0) is 13.1 Å². The minimum absolute atomic E-state index is 0. The van der Waals surface area contributed by atoms with Gasteiger partial charge in [-0.2, -0.15) is 0 Å². The van der Waals surface area contributed by atoms with Gasteiger partial charge in [0.25, 0.3) is 0 Å². The molecule has 0 amide bonds. The van der Waals surface area contributed by atoms with Crippen molar-refractivity contribution in [2.24, 2.45) is 16.6 Å². The summed E-state index contributed by atoms with van der Waals surface area (Å²) >= 11 is 0. The highest BCUT2D eigenvalue weighted by molar-refractivity contribution is 14.0. The number of benzene rings is 1. The molecule has 1 fully saturated rings. The molecule has 1 aromatic rings. The van der Waals surface area contributed by atoms with Crippen LogP contribution in [0.4, 0.5) is 0 Å². The number of rotatable bonds is 6. The lowest BCUT2D eigenvalue weighted by Gasteiger charge is -2.30. The van der Waals surface area contributed by atoms with Gasteiger partial charge in [0.2, 0.25) is 0 Å². The van der Waals surface area contributed by atoms with Crippen LogP contribution in [0.15, 0.2) is 29.3 Å². The highest BCUT2D eigenvalue weighted by Crippen LogP contribution is 2.18. The van der Waals surface area contributed by atoms with Gasteiger partial charge in [-0.1, -0.05) is 31.2 Å². The number of hydrogen-bond acceptors (Lipinski definition) is 2. The number of guanidine groups is 1. The van der Waals surface area contributed by atoms with Crippen molar-refractivity contribution in [3.63, 3.8) is 0 Å². The van der Waals surface area contributed by atoms with E-state index < -0.39 is 0 Å². The predicted octanol–water partition coefficient (Wildman–Crippen LogP) is 3.69. The first-order valence-corrected chi connectivity index (χ1v) is 8.97. The third-order valence-corrected chi connectivity index (χ3v) is 4.68. The van der Waals surface area contributed by atoms with Crippen molar-refractivity contribution in [1.82, 2.24) is 9.80 Å². The number of nitrogens with zero attached hydrogens (tertiary/aromatic N) is 3. The molecule has 1 atom stereocenters. The van der Waals surface area contributed by atoms with Gasteiger partial charge in [0.05, 0.1) is 6.54 Å². The third kappa shape index (κ3) is 6.59. The van der Waals surface area contributed by atoms with Crippen molar-refractivity contribution in [1.29, 1.82) is 0 Å². The quantitative estimate of drug-likeness (QED) is 0.414. The van der Waals surface area contributed by atoms with Crippen LogP contribution in [0.2, 0.25) is 0 Å². The Morgan fingerprint density at radius 2 is 1.83 bits per heavy atom. The fourth-order valence-electron chi connectivity index (χ4n) is 3.26. The van der Waals surface area contributed by atoms with Gasteiger partial charge < -0.3 is 10.6 Å². The summed E-state index contributed by atoms with van der Waals surface area (Å²) < 4.78 is 0. The Morgan fingerprint density at radius 1 is 1.21 bits per heavy atom. The molecule has 1 aliphatic heterocycles. The maximum Gasteiger partial charge on any atom is 0.191 e. The summed E-state index contributed by atoms with van der Waals surface area (Å²) in [5.74, 6) is 1.47. The van der Waals surface area contributed by atoms with Crippen molar-refractivity contribution in [3.05, 3.63) is 35.4 Å². The molecular formula is C19H33IN4. The molecule has 24 heavy (non-hydrogen) atoms. The second-order valence-electron chi connectivity index (χ2n) is 6.65. The standard InChI is InChI=1S/C19H32N4.HI/c1-4-23(5-2)19(20)21-13-17-8-10-18(11-9-17)15-22-12-6-7-16(3)14-22;/h8-11,16H,4-7,12-15H2,1-3H3,(H2,20,21);1H. The molecule has 1 aliphatic rings. The Hall–Kier alpha value is -0.820. The number of nitrogens with two attached hydrogens (primary N) is 1. The van der Waals surface area contributed by atoms with Crippen molar-refractivity contribution < 1.29 is 0 Å². The van der Waals surface area contributed by atoms with Crippen LogP contribution in [0.25, 0.3) is 0 Å². The van der Waals surface area contributed by atoms with E-state index in [9.17, 15) is 0 Å². The van der Waals surface area contributed by atoms with Gasteiger partial charge in [-0.3, -0.25) is 4.90 Å². The minimum Gasteiger partial charge on any atom is -0.370 e. The molecule has 0 radical (unpaired) electrons. The van der Waals surface area contributed by atoms with Crippen molar-refractivity contribution in [2.75, 3.05) is 26.2 Å². The Bertz CT molecular complexity index is 497. The van der Waals surface area contributed by atoms with Crippen LogP contribution >= 0.6 is 24.0 Å². The number of hydrogen-bond donors (Lipinski definition) is 1. The number of aliphatic imine (C=N–C) groups is 1. The lowest BCUT2D eigenvalue weighted by Crippen LogP contribution is -2.37. The van der Waals surface area contributed by atoms with E-state index in [0.717, 1.165) is 25.6 Å². The molecule has 1 heterocycles. The van der Waals surface area contributed by atoms with E-state index in [1.165, 1.54) is 37.1 Å². The van der Waals surface area contributed by atoms with Crippen molar-refractivity contribution in [2.45, 2.75) is 46.7 Å². The van der Waals surface area contributed by atoms with E-state index in [1.807, 2.05) is 0 Å². The summed E-state index contributed by atoms with van der Waals surface area (Å²) in [6, 6.07) is 8.83. The number of likely N-dealkylation sites (tertiary alicyclic amines) is 1. The molecule has 1 unspecified atom stereocenters. The molecule has 1 saturated heterocycles. The van der Waals surface area contributed by atoms with E-state index >= 15 is 0 Å². The van der Waals surface area contributed by atoms with Crippen LogP contribution in [0.3, 0.4) is 0 Å². The fourth-order valence-corrected chi connectivity index (χ4v) is 3.26. The Balaban J connectivity index is 0.00000288. The first-order chi connectivity index (χ1) is 11.1. The molecular weight excluding hydrogens is 411 g/mol. The maximum absolute atomic E-state index is 6.02. The summed E-state index contributed by atoms with van der Waals surface area (Å²) in [5.41, 5.74) is 8.63. The molecule has 2 N–H and O–H groups in total. The summed E-state index contributed by atoms with van der Waals surface area (Å²) in [6.45, 7) is 12.5. The average Bonchev–Trinajstić information content (AvgIpc) is 2.55. The second-order valence-corrected chi connectivity index (χ2v) is 6.65. The monoisotopic (exact) mass is 444 g/mol. The zero-order valence-corrected chi connectivity index (χ0v) is 17.7. The largest absolute Gasteiger partial charge is 0.370 e. The van der Waals surface area contributed by atoms with Gasteiger partial charge >= 0.3 is 0 Å². The predicted molar refractivity (Wildman–Crippen MR) is 114 cm³/mol. The third-order valence-electron chi connectivity index (χ3n) is 4.68. The van der Waals surface area contributed by atoms with Crippen LogP contribution < -0.4 is 5.73 Å². The zero-order chi connectivity index (χ0) is 16.7. The number of piperidine rings is 1. The highest BCUT2D eigenvalue weighted by atomic mass is 127. The zero-order valence-electron chi connectivity index (χ0n) is 15.4. The van der Waals surface area contributed by atoms with Gasteiger partial charge in [-0.05, 0) is 50.3 Å². The van der Waals surface area contributed by atoms with Crippen molar-refractivity contribution in [3.8, 4) is 0 Å². The molecule has 0 spiro atoms. The first kappa shape index (κ1) is 21.2.